The Balaban J connectivity index is 2.11. The molecule has 2 aromatic rings. The lowest BCUT2D eigenvalue weighted by molar-refractivity contribution is -0.682. The van der Waals surface area contributed by atoms with E-state index >= 15 is 0 Å². The van der Waals surface area contributed by atoms with Gasteiger partial charge in [0.1, 0.15) is 18.1 Å². The fraction of sp³-hybridized carbons (Fsp3) is 0.188. The summed E-state index contributed by atoms with van der Waals surface area (Å²) in [4.78, 5) is 23.1. The predicted molar refractivity (Wildman–Crippen MR) is 76.0 cm³/mol. The van der Waals surface area contributed by atoms with Gasteiger partial charge in [-0.25, -0.2) is 9.13 Å². The van der Waals surface area contributed by atoms with Crippen LogP contribution in [0.3, 0.4) is 0 Å². The molecule has 0 atom stereocenters. The van der Waals surface area contributed by atoms with Gasteiger partial charge in [0.05, 0.1) is 0 Å². The molecule has 0 saturated carbocycles. The van der Waals surface area contributed by atoms with Crippen LogP contribution >= 0.6 is 0 Å². The SMILES string of the molecule is CC(=O)/C=C(\C)n1cc[n+](CC(=O)c2ccccc2)c1. The van der Waals surface area contributed by atoms with Crippen molar-refractivity contribution in [2.24, 2.45) is 0 Å². The number of benzene rings is 1. The highest BCUT2D eigenvalue weighted by molar-refractivity contribution is 5.95. The molecule has 102 valence electrons. The minimum atomic E-state index is 0.00288. The Hall–Kier alpha value is -2.49. The molecule has 0 fully saturated rings. The zero-order valence-corrected chi connectivity index (χ0v) is 11.6. The number of carbonyl (C=O) groups excluding carboxylic acids is 2. The number of nitrogens with zero attached hydrogens (tertiary/aromatic N) is 2. The Labute approximate surface area is 118 Å². The molecule has 0 amide bonds. The van der Waals surface area contributed by atoms with Crippen molar-refractivity contribution in [1.29, 1.82) is 0 Å². The molecule has 2 rings (SSSR count). The van der Waals surface area contributed by atoms with Crippen molar-refractivity contribution in [2.75, 3.05) is 0 Å². The Morgan fingerprint density at radius 2 is 1.90 bits per heavy atom. The third-order valence-electron chi connectivity index (χ3n) is 2.93. The molecule has 1 aromatic carbocycles. The number of hydrogen-bond acceptors (Lipinski definition) is 2. The van der Waals surface area contributed by atoms with Crippen molar-refractivity contribution >= 4 is 17.3 Å². The second kappa shape index (κ2) is 6.10. The topological polar surface area (TPSA) is 43.0 Å². The van der Waals surface area contributed by atoms with E-state index in [1.165, 1.54) is 6.92 Å². The summed E-state index contributed by atoms with van der Waals surface area (Å²) in [5, 5.41) is 0. The van der Waals surface area contributed by atoms with Gasteiger partial charge in [-0.2, -0.15) is 0 Å². The van der Waals surface area contributed by atoms with E-state index in [9.17, 15) is 9.59 Å². The minimum absolute atomic E-state index is 0.00288. The summed E-state index contributed by atoms with van der Waals surface area (Å²) in [5.74, 6) is 0.0599. The highest BCUT2D eigenvalue weighted by Gasteiger charge is 2.12. The van der Waals surface area contributed by atoms with Crippen molar-refractivity contribution in [3.63, 3.8) is 0 Å². The Morgan fingerprint density at radius 3 is 2.55 bits per heavy atom. The first kappa shape index (κ1) is 13.9. The molecule has 1 heterocycles. The zero-order chi connectivity index (χ0) is 14.5. The van der Waals surface area contributed by atoms with Gasteiger partial charge in [0.25, 0.3) is 0 Å². The Kier molecular flexibility index (Phi) is 4.25. The summed E-state index contributed by atoms with van der Waals surface area (Å²) < 4.78 is 3.62. The van der Waals surface area contributed by atoms with E-state index < -0.39 is 0 Å². The molecule has 4 nitrogen and oxygen atoms in total. The molecule has 0 N–H and O–H groups in total. The number of carbonyl (C=O) groups is 2. The van der Waals surface area contributed by atoms with Gasteiger partial charge in [0, 0.05) is 11.6 Å². The first-order chi connectivity index (χ1) is 9.56. The first-order valence-corrected chi connectivity index (χ1v) is 6.41. The number of imidazole rings is 1. The van der Waals surface area contributed by atoms with Gasteiger partial charge >= 0.3 is 0 Å². The molecular formula is C16H17N2O2+. The predicted octanol–water partition coefficient (Wildman–Crippen LogP) is 2.11. The molecule has 0 unspecified atom stereocenters. The summed E-state index contributed by atoms with van der Waals surface area (Å²) >= 11 is 0. The third-order valence-corrected chi connectivity index (χ3v) is 2.93. The zero-order valence-electron chi connectivity index (χ0n) is 11.6. The normalized spacial score (nSPS) is 11.4. The number of allylic oxidation sites excluding steroid dienone is 2. The van der Waals surface area contributed by atoms with E-state index in [1.807, 2.05) is 42.1 Å². The van der Waals surface area contributed by atoms with Crippen LogP contribution in [0.1, 0.15) is 24.2 Å². The van der Waals surface area contributed by atoms with Gasteiger partial charge in [-0.05, 0) is 13.8 Å². The Bertz CT molecular complexity index is 654. The quantitative estimate of drug-likeness (QED) is 0.474. The van der Waals surface area contributed by atoms with Crippen LogP contribution in [0.15, 0.2) is 55.1 Å². The number of ketones is 2. The third kappa shape index (κ3) is 3.51. The van der Waals surface area contributed by atoms with Crippen molar-refractivity contribution in [3.8, 4) is 0 Å². The molecular weight excluding hydrogens is 252 g/mol. The van der Waals surface area contributed by atoms with Gasteiger partial charge in [0.2, 0.25) is 12.1 Å². The van der Waals surface area contributed by atoms with E-state index in [0.717, 1.165) is 5.70 Å². The molecule has 0 aliphatic rings. The van der Waals surface area contributed by atoms with Gasteiger partial charge in [-0.1, -0.05) is 30.3 Å². The molecule has 0 spiro atoms. The smallest absolute Gasteiger partial charge is 0.249 e. The summed E-state index contributed by atoms with van der Waals surface area (Å²) in [5.41, 5.74) is 1.52. The second-order valence-corrected chi connectivity index (χ2v) is 4.68. The lowest BCUT2D eigenvalue weighted by Crippen LogP contribution is -2.35. The second-order valence-electron chi connectivity index (χ2n) is 4.68. The molecule has 1 aromatic heterocycles. The van der Waals surface area contributed by atoms with Gasteiger partial charge in [0.15, 0.2) is 12.3 Å². The van der Waals surface area contributed by atoms with E-state index in [2.05, 4.69) is 0 Å². The molecule has 0 aliphatic heterocycles. The number of hydrogen-bond donors (Lipinski definition) is 0. The van der Waals surface area contributed by atoms with Gasteiger partial charge in [-0.3, -0.25) is 9.59 Å². The molecule has 20 heavy (non-hydrogen) atoms. The average Bonchev–Trinajstić information content (AvgIpc) is 2.87. The molecule has 0 radical (unpaired) electrons. The minimum Gasteiger partial charge on any atom is -0.295 e. The molecule has 0 aliphatic carbocycles. The fourth-order valence-corrected chi connectivity index (χ4v) is 1.95. The summed E-state index contributed by atoms with van der Waals surface area (Å²) in [7, 11) is 0. The van der Waals surface area contributed by atoms with Crippen LogP contribution in [-0.4, -0.2) is 16.1 Å². The fourth-order valence-electron chi connectivity index (χ4n) is 1.95. The van der Waals surface area contributed by atoms with Crippen molar-refractivity contribution < 1.29 is 14.2 Å². The van der Waals surface area contributed by atoms with Crippen LogP contribution in [0.25, 0.3) is 5.70 Å². The van der Waals surface area contributed by atoms with Crippen LogP contribution in [0.4, 0.5) is 0 Å². The number of aromatic nitrogens is 2. The summed E-state index contributed by atoms with van der Waals surface area (Å²) in [6.07, 6.45) is 7.00. The molecule has 0 saturated heterocycles. The van der Waals surface area contributed by atoms with E-state index in [4.69, 9.17) is 0 Å². The monoisotopic (exact) mass is 269 g/mol. The molecule has 4 heteroatoms. The van der Waals surface area contributed by atoms with Crippen LogP contribution < -0.4 is 4.57 Å². The lowest BCUT2D eigenvalue weighted by atomic mass is 10.1. The van der Waals surface area contributed by atoms with Crippen LogP contribution in [0.5, 0.6) is 0 Å². The van der Waals surface area contributed by atoms with Gasteiger partial charge < -0.3 is 0 Å². The highest BCUT2D eigenvalue weighted by Crippen LogP contribution is 2.03. The number of rotatable bonds is 5. The standard InChI is InChI=1S/C16H17N2O2/c1-13(10-14(2)19)18-9-8-17(12-18)11-16(20)15-6-4-3-5-7-15/h3-10,12H,11H2,1-2H3/q+1/b13-10+. The van der Waals surface area contributed by atoms with E-state index in [0.29, 0.717) is 5.56 Å². The lowest BCUT2D eigenvalue weighted by Gasteiger charge is -1.97. The number of Topliss-reactive ketones (excluding diaryl/α,β-unsaturated/α-hetero) is 1. The average molecular weight is 269 g/mol. The maximum atomic E-state index is 12.1. The first-order valence-electron chi connectivity index (χ1n) is 6.41. The van der Waals surface area contributed by atoms with Crippen molar-refractivity contribution in [3.05, 3.63) is 60.7 Å². The van der Waals surface area contributed by atoms with Crippen LogP contribution in [0, 0.1) is 0 Å². The Morgan fingerprint density at radius 1 is 1.20 bits per heavy atom. The molecule has 0 bridgehead atoms. The maximum absolute atomic E-state index is 12.1. The highest BCUT2D eigenvalue weighted by atomic mass is 16.1. The maximum Gasteiger partial charge on any atom is 0.249 e. The van der Waals surface area contributed by atoms with E-state index in [1.54, 1.807) is 29.1 Å². The largest absolute Gasteiger partial charge is 0.295 e. The summed E-state index contributed by atoms with van der Waals surface area (Å²) in [6.45, 7) is 3.65. The summed E-state index contributed by atoms with van der Waals surface area (Å²) in [6, 6.07) is 9.20. The van der Waals surface area contributed by atoms with Crippen LogP contribution in [-0.2, 0) is 11.3 Å². The van der Waals surface area contributed by atoms with Crippen molar-refractivity contribution in [2.45, 2.75) is 20.4 Å². The van der Waals surface area contributed by atoms with E-state index in [-0.39, 0.29) is 18.1 Å². The van der Waals surface area contributed by atoms with Gasteiger partial charge in [-0.15, -0.1) is 0 Å². The van der Waals surface area contributed by atoms with Crippen LogP contribution in [0.2, 0.25) is 0 Å². The van der Waals surface area contributed by atoms with Crippen molar-refractivity contribution in [1.82, 2.24) is 4.57 Å².